The van der Waals surface area contributed by atoms with Gasteiger partial charge in [0.1, 0.15) is 5.60 Å². The quantitative estimate of drug-likeness (QED) is 0.714. The van der Waals surface area contributed by atoms with Gasteiger partial charge in [0.15, 0.2) is 0 Å². The van der Waals surface area contributed by atoms with Gasteiger partial charge in [-0.15, -0.1) is 0 Å². The number of carbonyl (C=O) groups is 1. The van der Waals surface area contributed by atoms with Crippen LogP contribution < -0.4 is 0 Å². The molecule has 88 valence electrons. The highest BCUT2D eigenvalue weighted by molar-refractivity contribution is 5.74. The van der Waals surface area contributed by atoms with Crippen LogP contribution >= 0.6 is 0 Å². The maximum absolute atomic E-state index is 11.6. The highest BCUT2D eigenvalue weighted by Crippen LogP contribution is 2.33. The lowest BCUT2D eigenvalue weighted by Crippen LogP contribution is -2.51. The molecule has 0 spiro atoms. The zero-order valence-corrected chi connectivity index (χ0v) is 9.66. The summed E-state index contributed by atoms with van der Waals surface area (Å²) in [5.74, 6) is -0.801. The van der Waals surface area contributed by atoms with Crippen LogP contribution in [0.15, 0.2) is 0 Å². The van der Waals surface area contributed by atoms with E-state index in [1.807, 2.05) is 13.8 Å². The normalized spacial score (nSPS) is 28.9. The van der Waals surface area contributed by atoms with Crippen molar-refractivity contribution in [1.29, 1.82) is 0 Å². The number of aliphatic hydroxyl groups is 1. The van der Waals surface area contributed by atoms with Crippen molar-refractivity contribution in [1.82, 2.24) is 0 Å². The second-order valence-electron chi connectivity index (χ2n) is 4.50. The Morgan fingerprint density at radius 2 is 2.20 bits per heavy atom. The molecule has 0 radical (unpaired) electrons. The average Bonchev–Trinajstić information content (AvgIpc) is 2.17. The number of esters is 1. The van der Waals surface area contributed by atoms with Crippen LogP contribution in [0.5, 0.6) is 0 Å². The van der Waals surface area contributed by atoms with Crippen LogP contribution in [0, 0.1) is 11.8 Å². The Kier molecular flexibility index (Phi) is 4.11. The first-order chi connectivity index (χ1) is 7.01. The monoisotopic (exact) mass is 216 g/mol. The minimum absolute atomic E-state index is 0.0455. The molecule has 0 aliphatic carbocycles. The summed E-state index contributed by atoms with van der Waals surface area (Å²) >= 11 is 0. The molecule has 1 rings (SSSR count). The molecule has 1 heterocycles. The van der Waals surface area contributed by atoms with Crippen molar-refractivity contribution in [2.45, 2.75) is 32.3 Å². The zero-order chi connectivity index (χ0) is 11.5. The minimum Gasteiger partial charge on any atom is -0.469 e. The smallest absolute Gasteiger partial charge is 0.311 e. The molecule has 2 unspecified atom stereocenters. The van der Waals surface area contributed by atoms with Gasteiger partial charge in [-0.1, -0.05) is 13.8 Å². The SMILES string of the molecule is COC(=O)C(C(C)C)C1(O)CCCOC1. The molecule has 0 bridgehead atoms. The maximum Gasteiger partial charge on any atom is 0.311 e. The van der Waals surface area contributed by atoms with Crippen molar-refractivity contribution in [2.75, 3.05) is 20.3 Å². The van der Waals surface area contributed by atoms with Crippen LogP contribution in [0.25, 0.3) is 0 Å². The highest BCUT2D eigenvalue weighted by Gasteiger charge is 2.45. The third-order valence-electron chi connectivity index (χ3n) is 2.95. The van der Waals surface area contributed by atoms with Gasteiger partial charge in [0, 0.05) is 6.61 Å². The Hall–Kier alpha value is -0.610. The topological polar surface area (TPSA) is 55.8 Å². The fourth-order valence-electron chi connectivity index (χ4n) is 2.29. The molecule has 4 heteroatoms. The van der Waals surface area contributed by atoms with Gasteiger partial charge in [0.25, 0.3) is 0 Å². The molecule has 15 heavy (non-hydrogen) atoms. The van der Waals surface area contributed by atoms with Gasteiger partial charge in [-0.25, -0.2) is 0 Å². The Morgan fingerprint density at radius 1 is 1.53 bits per heavy atom. The first-order valence-corrected chi connectivity index (χ1v) is 5.39. The van der Waals surface area contributed by atoms with E-state index in [1.54, 1.807) is 0 Å². The molecular formula is C11H20O4. The van der Waals surface area contributed by atoms with Crippen molar-refractivity contribution in [3.63, 3.8) is 0 Å². The van der Waals surface area contributed by atoms with E-state index in [1.165, 1.54) is 7.11 Å². The fourth-order valence-corrected chi connectivity index (χ4v) is 2.29. The Morgan fingerprint density at radius 3 is 2.60 bits per heavy atom. The van der Waals surface area contributed by atoms with Crippen LogP contribution in [0.1, 0.15) is 26.7 Å². The fraction of sp³-hybridized carbons (Fsp3) is 0.909. The highest BCUT2D eigenvalue weighted by atomic mass is 16.5. The van der Waals surface area contributed by atoms with Gasteiger partial charge in [0.05, 0.1) is 19.6 Å². The number of carbonyl (C=O) groups excluding carboxylic acids is 1. The molecular weight excluding hydrogens is 196 g/mol. The molecule has 4 nitrogen and oxygen atoms in total. The van der Waals surface area contributed by atoms with E-state index in [2.05, 4.69) is 0 Å². The van der Waals surface area contributed by atoms with Gasteiger partial charge in [0.2, 0.25) is 0 Å². The van der Waals surface area contributed by atoms with Crippen LogP contribution in [0.3, 0.4) is 0 Å². The van der Waals surface area contributed by atoms with Crippen molar-refractivity contribution in [3.8, 4) is 0 Å². The van der Waals surface area contributed by atoms with E-state index < -0.39 is 11.5 Å². The number of rotatable bonds is 3. The first-order valence-electron chi connectivity index (χ1n) is 5.39. The van der Waals surface area contributed by atoms with Crippen LogP contribution in [0.2, 0.25) is 0 Å². The predicted molar refractivity (Wildman–Crippen MR) is 55.3 cm³/mol. The van der Waals surface area contributed by atoms with Crippen LogP contribution in [-0.4, -0.2) is 37.0 Å². The number of hydrogen-bond acceptors (Lipinski definition) is 4. The molecule has 0 aromatic carbocycles. The molecule has 0 saturated carbocycles. The lowest BCUT2D eigenvalue weighted by molar-refractivity contribution is -0.173. The second-order valence-corrected chi connectivity index (χ2v) is 4.50. The van der Waals surface area contributed by atoms with Crippen molar-refractivity contribution in [2.24, 2.45) is 11.8 Å². The van der Waals surface area contributed by atoms with E-state index in [0.29, 0.717) is 13.0 Å². The van der Waals surface area contributed by atoms with Crippen LogP contribution in [0.4, 0.5) is 0 Å². The lowest BCUT2D eigenvalue weighted by Gasteiger charge is -2.39. The molecule has 1 aliphatic rings. The zero-order valence-electron chi connectivity index (χ0n) is 9.66. The number of methoxy groups -OCH3 is 1. The van der Waals surface area contributed by atoms with Crippen LogP contribution in [-0.2, 0) is 14.3 Å². The summed E-state index contributed by atoms with van der Waals surface area (Å²) in [7, 11) is 1.35. The summed E-state index contributed by atoms with van der Waals surface area (Å²) < 4.78 is 9.99. The largest absolute Gasteiger partial charge is 0.469 e. The lowest BCUT2D eigenvalue weighted by atomic mass is 9.76. The summed E-state index contributed by atoms with van der Waals surface area (Å²) in [6.45, 7) is 4.71. The summed E-state index contributed by atoms with van der Waals surface area (Å²) in [5.41, 5.74) is -1.06. The molecule has 0 aromatic rings. The van der Waals surface area contributed by atoms with Gasteiger partial charge < -0.3 is 14.6 Å². The summed E-state index contributed by atoms with van der Waals surface area (Å²) in [4.78, 5) is 11.6. The molecule has 2 atom stereocenters. The molecule has 1 aliphatic heterocycles. The predicted octanol–water partition coefficient (Wildman–Crippen LogP) is 0.973. The minimum atomic E-state index is -1.06. The summed E-state index contributed by atoms with van der Waals surface area (Å²) in [5, 5.41) is 10.4. The Labute approximate surface area is 90.6 Å². The Balaban J connectivity index is 2.81. The van der Waals surface area contributed by atoms with E-state index in [4.69, 9.17) is 9.47 Å². The van der Waals surface area contributed by atoms with Crippen molar-refractivity contribution >= 4 is 5.97 Å². The summed E-state index contributed by atoms with van der Waals surface area (Å²) in [6.07, 6.45) is 1.39. The molecule has 0 aromatic heterocycles. The molecule has 1 saturated heterocycles. The standard InChI is InChI=1S/C11H20O4/c1-8(2)9(10(12)14-3)11(13)5-4-6-15-7-11/h8-9,13H,4-7H2,1-3H3. The van der Waals surface area contributed by atoms with E-state index in [9.17, 15) is 9.90 Å². The summed E-state index contributed by atoms with van der Waals surface area (Å²) in [6, 6.07) is 0. The maximum atomic E-state index is 11.6. The first kappa shape index (κ1) is 12.5. The second kappa shape index (κ2) is 4.94. The third-order valence-corrected chi connectivity index (χ3v) is 2.95. The average molecular weight is 216 g/mol. The van der Waals surface area contributed by atoms with Gasteiger partial charge in [-0.05, 0) is 18.8 Å². The van der Waals surface area contributed by atoms with E-state index in [0.717, 1.165) is 6.42 Å². The number of hydrogen-bond donors (Lipinski definition) is 1. The Bertz CT molecular complexity index is 219. The van der Waals surface area contributed by atoms with Gasteiger partial charge in [-0.2, -0.15) is 0 Å². The van der Waals surface area contributed by atoms with Gasteiger partial charge in [-0.3, -0.25) is 4.79 Å². The van der Waals surface area contributed by atoms with Crippen molar-refractivity contribution in [3.05, 3.63) is 0 Å². The molecule has 1 fully saturated rings. The van der Waals surface area contributed by atoms with E-state index in [-0.39, 0.29) is 18.5 Å². The van der Waals surface area contributed by atoms with Crippen molar-refractivity contribution < 1.29 is 19.4 Å². The van der Waals surface area contributed by atoms with Gasteiger partial charge >= 0.3 is 5.97 Å². The molecule has 1 N–H and O–H groups in total. The third kappa shape index (κ3) is 2.69. The number of ether oxygens (including phenoxy) is 2. The molecule has 0 amide bonds. The van der Waals surface area contributed by atoms with E-state index >= 15 is 0 Å².